The first-order valence-electron chi connectivity index (χ1n) is 2.37. The second kappa shape index (κ2) is 4.05. The molecule has 0 radical (unpaired) electrons. The number of methoxy groups -OCH3 is 1. The van der Waals surface area contributed by atoms with Gasteiger partial charge >= 0.3 is 0 Å². The van der Waals surface area contributed by atoms with Gasteiger partial charge in [0, 0.05) is 13.7 Å². The van der Waals surface area contributed by atoms with Crippen molar-refractivity contribution in [3.8, 4) is 0 Å². The summed E-state index contributed by atoms with van der Waals surface area (Å²) in [6, 6.07) is 0. The van der Waals surface area contributed by atoms with Gasteiger partial charge in [-0.05, 0) is 0 Å². The summed E-state index contributed by atoms with van der Waals surface area (Å²) in [7, 11) is 1.64. The van der Waals surface area contributed by atoms with Crippen molar-refractivity contribution in [2.24, 2.45) is 5.73 Å². The topological polar surface area (TPSA) is 62.9 Å². The summed E-state index contributed by atoms with van der Waals surface area (Å²) < 4.78 is 4.86. The van der Waals surface area contributed by atoms with E-state index in [1.165, 1.54) is 0 Å². The van der Waals surface area contributed by atoms with Crippen LogP contribution in [0.3, 0.4) is 0 Å². The molecule has 0 aliphatic carbocycles. The highest BCUT2D eigenvalue weighted by Crippen LogP contribution is 1.77. The lowest BCUT2D eigenvalue weighted by Crippen LogP contribution is -2.57. The van der Waals surface area contributed by atoms with Gasteiger partial charge in [-0.25, -0.2) is 0 Å². The zero-order valence-corrected chi connectivity index (χ0v) is 4.68. The smallest absolute Gasteiger partial charge is 0.118 e. The quantitative estimate of drug-likeness (QED) is 0.445. The molecule has 5 N–H and O–H groups in total. The SMILES string of the molecule is COC(CN)C[NH3+]. The standard InChI is InChI=1S/C4H12N2O/c1-7-4(2-5)3-6/h4H,2-3,5-6H2,1H3/p+1. The van der Waals surface area contributed by atoms with Gasteiger partial charge in [0.15, 0.2) is 0 Å². The Labute approximate surface area is 43.6 Å². The van der Waals surface area contributed by atoms with Crippen molar-refractivity contribution in [2.45, 2.75) is 6.10 Å². The van der Waals surface area contributed by atoms with E-state index in [0.29, 0.717) is 6.54 Å². The summed E-state index contributed by atoms with van der Waals surface area (Å²) in [5, 5.41) is 0. The molecule has 1 unspecified atom stereocenters. The first-order chi connectivity index (χ1) is 3.35. The Morgan fingerprint density at radius 2 is 2.43 bits per heavy atom. The van der Waals surface area contributed by atoms with E-state index in [1.54, 1.807) is 7.11 Å². The lowest BCUT2D eigenvalue weighted by atomic mass is 10.4. The molecule has 0 saturated heterocycles. The molecule has 7 heavy (non-hydrogen) atoms. The number of rotatable bonds is 3. The van der Waals surface area contributed by atoms with E-state index < -0.39 is 0 Å². The van der Waals surface area contributed by atoms with Gasteiger partial charge < -0.3 is 16.2 Å². The largest absolute Gasteiger partial charge is 0.374 e. The summed E-state index contributed by atoms with van der Waals surface area (Å²) in [5.41, 5.74) is 8.85. The fourth-order valence-corrected chi connectivity index (χ4v) is 0.332. The van der Waals surface area contributed by atoms with Gasteiger partial charge in [-0.1, -0.05) is 0 Å². The van der Waals surface area contributed by atoms with Crippen molar-refractivity contribution in [3.63, 3.8) is 0 Å². The maximum Gasteiger partial charge on any atom is 0.118 e. The third kappa shape index (κ3) is 2.56. The summed E-state index contributed by atoms with van der Waals surface area (Å²) >= 11 is 0. The molecule has 0 rings (SSSR count). The number of nitrogens with two attached hydrogens (primary N) is 1. The average molecular weight is 105 g/mol. The lowest BCUT2D eigenvalue weighted by molar-refractivity contribution is -0.384. The third-order valence-corrected chi connectivity index (χ3v) is 0.918. The minimum absolute atomic E-state index is 0.153. The molecule has 0 spiro atoms. The predicted octanol–water partition coefficient (Wildman–Crippen LogP) is -1.80. The van der Waals surface area contributed by atoms with Gasteiger partial charge in [-0.3, -0.25) is 0 Å². The zero-order chi connectivity index (χ0) is 5.70. The monoisotopic (exact) mass is 105 g/mol. The number of ether oxygens (including phenoxy) is 1. The summed E-state index contributed by atoms with van der Waals surface area (Å²) in [6.07, 6.45) is 0.153. The molecular formula is C4H13N2O+. The Balaban J connectivity index is 2.99. The van der Waals surface area contributed by atoms with Crippen LogP contribution in [0.5, 0.6) is 0 Å². The zero-order valence-electron chi connectivity index (χ0n) is 4.68. The van der Waals surface area contributed by atoms with E-state index in [2.05, 4.69) is 5.73 Å². The molecular weight excluding hydrogens is 92.1 g/mol. The number of quaternary nitrogens is 1. The van der Waals surface area contributed by atoms with Crippen LogP contribution in [0.1, 0.15) is 0 Å². The molecule has 0 fully saturated rings. The van der Waals surface area contributed by atoms with E-state index in [-0.39, 0.29) is 6.10 Å². The van der Waals surface area contributed by atoms with Gasteiger partial charge in [0.05, 0.1) is 0 Å². The normalized spacial score (nSPS) is 14.1. The van der Waals surface area contributed by atoms with Gasteiger partial charge in [-0.15, -0.1) is 0 Å². The van der Waals surface area contributed by atoms with Crippen molar-refractivity contribution < 1.29 is 10.5 Å². The second-order valence-electron chi connectivity index (χ2n) is 1.38. The first kappa shape index (κ1) is 6.88. The average Bonchev–Trinajstić information content (AvgIpc) is 1.72. The van der Waals surface area contributed by atoms with Crippen LogP contribution < -0.4 is 11.5 Å². The van der Waals surface area contributed by atoms with Crippen molar-refractivity contribution in [1.29, 1.82) is 0 Å². The maximum atomic E-state index is 5.23. The highest BCUT2D eigenvalue weighted by molar-refractivity contribution is 4.51. The molecule has 0 aromatic rings. The highest BCUT2D eigenvalue weighted by Gasteiger charge is 1.99. The Morgan fingerprint density at radius 1 is 1.86 bits per heavy atom. The lowest BCUT2D eigenvalue weighted by Gasteiger charge is -2.04. The minimum atomic E-state index is 0.153. The van der Waals surface area contributed by atoms with Crippen LogP contribution in [-0.2, 0) is 4.74 Å². The molecule has 0 heterocycles. The van der Waals surface area contributed by atoms with Crippen LogP contribution in [0.4, 0.5) is 0 Å². The van der Waals surface area contributed by atoms with Gasteiger partial charge in [0.2, 0.25) is 0 Å². The molecule has 0 amide bonds. The summed E-state index contributed by atoms with van der Waals surface area (Å²) in [6.45, 7) is 1.33. The van der Waals surface area contributed by atoms with Crippen LogP contribution in [0.15, 0.2) is 0 Å². The second-order valence-corrected chi connectivity index (χ2v) is 1.38. The van der Waals surface area contributed by atoms with Gasteiger partial charge in [-0.2, -0.15) is 0 Å². The van der Waals surface area contributed by atoms with Crippen LogP contribution in [0, 0.1) is 0 Å². The van der Waals surface area contributed by atoms with Crippen molar-refractivity contribution in [1.82, 2.24) is 0 Å². The van der Waals surface area contributed by atoms with E-state index in [4.69, 9.17) is 10.5 Å². The maximum absolute atomic E-state index is 5.23. The predicted molar refractivity (Wildman–Crippen MR) is 27.6 cm³/mol. The van der Waals surface area contributed by atoms with E-state index >= 15 is 0 Å². The van der Waals surface area contributed by atoms with Crippen molar-refractivity contribution >= 4 is 0 Å². The summed E-state index contributed by atoms with van der Waals surface area (Å²) in [5.74, 6) is 0. The van der Waals surface area contributed by atoms with Gasteiger partial charge in [0.25, 0.3) is 0 Å². The molecule has 0 aromatic carbocycles. The summed E-state index contributed by atoms with van der Waals surface area (Å²) in [4.78, 5) is 0. The Kier molecular flexibility index (Phi) is 3.98. The van der Waals surface area contributed by atoms with Crippen LogP contribution >= 0.6 is 0 Å². The number of hydrogen-bond donors (Lipinski definition) is 2. The van der Waals surface area contributed by atoms with E-state index in [1.807, 2.05) is 0 Å². The van der Waals surface area contributed by atoms with Crippen LogP contribution in [0.25, 0.3) is 0 Å². The van der Waals surface area contributed by atoms with Crippen LogP contribution in [0.2, 0.25) is 0 Å². The molecule has 0 bridgehead atoms. The Morgan fingerprint density at radius 3 is 2.43 bits per heavy atom. The van der Waals surface area contributed by atoms with E-state index in [0.717, 1.165) is 6.54 Å². The minimum Gasteiger partial charge on any atom is -0.374 e. The molecule has 0 aliphatic rings. The van der Waals surface area contributed by atoms with Crippen LogP contribution in [-0.4, -0.2) is 26.3 Å². The Hall–Kier alpha value is -0.120. The fraction of sp³-hybridized carbons (Fsp3) is 1.00. The number of hydrogen-bond acceptors (Lipinski definition) is 2. The fourth-order valence-electron chi connectivity index (χ4n) is 0.332. The highest BCUT2D eigenvalue weighted by atomic mass is 16.5. The van der Waals surface area contributed by atoms with Gasteiger partial charge in [0.1, 0.15) is 12.6 Å². The molecule has 3 heteroatoms. The molecule has 44 valence electrons. The molecule has 0 aromatic heterocycles. The third-order valence-electron chi connectivity index (χ3n) is 0.918. The van der Waals surface area contributed by atoms with E-state index in [9.17, 15) is 0 Å². The van der Waals surface area contributed by atoms with Crippen molar-refractivity contribution in [3.05, 3.63) is 0 Å². The Bertz CT molecular complexity index is 31.2. The molecule has 0 aliphatic heterocycles. The van der Waals surface area contributed by atoms with Crippen molar-refractivity contribution in [2.75, 3.05) is 20.2 Å². The molecule has 0 saturated carbocycles. The molecule has 1 atom stereocenters. The first-order valence-corrected chi connectivity index (χ1v) is 2.37. The molecule has 3 nitrogen and oxygen atoms in total.